The Morgan fingerprint density at radius 1 is 1.18 bits per heavy atom. The fourth-order valence-corrected chi connectivity index (χ4v) is 2.88. The molecule has 6 heteroatoms. The molecule has 0 amide bonds. The summed E-state index contributed by atoms with van der Waals surface area (Å²) >= 11 is 0. The molecule has 0 aromatic heterocycles. The fourth-order valence-electron chi connectivity index (χ4n) is 2.88. The topological polar surface area (TPSA) is 35.2 Å². The van der Waals surface area contributed by atoms with Gasteiger partial charge in [0.25, 0.3) is 0 Å². The van der Waals surface area contributed by atoms with Gasteiger partial charge >= 0.3 is 6.18 Å². The lowest BCUT2D eigenvalue weighted by Crippen LogP contribution is -2.39. The van der Waals surface area contributed by atoms with Crippen molar-refractivity contribution in [3.63, 3.8) is 0 Å². The maximum absolute atomic E-state index is 12.7. The Labute approximate surface area is 135 Å². The quantitative estimate of drug-likeness (QED) is 0.868. The molecule has 0 aliphatic heterocycles. The van der Waals surface area contributed by atoms with Crippen molar-refractivity contribution in [1.82, 2.24) is 0 Å². The number of ether oxygens (including phenoxy) is 1. The Morgan fingerprint density at radius 3 is 2.18 bits per heavy atom. The van der Waals surface area contributed by atoms with E-state index in [2.05, 4.69) is 0 Å². The minimum atomic E-state index is -4.30. The molecule has 2 N–H and O–H groups in total. The van der Waals surface area contributed by atoms with Crippen molar-refractivity contribution in [3.8, 4) is 0 Å². The standard InChI is InChI=1S/C16H22F3NO.ClH/c1-2-11-21-15(9-7-14(20)8-10-15)12-3-5-13(6-4-12)16(17,18)19;/h3-6,14H,2,7-11,20H2,1H3;1H/t14-,15-;. The number of hydrogen-bond donors (Lipinski definition) is 1. The lowest BCUT2D eigenvalue weighted by molar-refractivity contribution is -0.137. The molecular formula is C16H23ClF3NO. The van der Waals surface area contributed by atoms with Gasteiger partial charge in [-0.05, 0) is 49.8 Å². The van der Waals surface area contributed by atoms with E-state index in [9.17, 15) is 13.2 Å². The van der Waals surface area contributed by atoms with E-state index >= 15 is 0 Å². The molecule has 0 atom stereocenters. The molecule has 1 saturated carbocycles. The molecule has 22 heavy (non-hydrogen) atoms. The summed E-state index contributed by atoms with van der Waals surface area (Å²) in [7, 11) is 0. The van der Waals surface area contributed by atoms with Crippen LogP contribution >= 0.6 is 12.4 Å². The Morgan fingerprint density at radius 2 is 1.73 bits per heavy atom. The van der Waals surface area contributed by atoms with Crippen molar-refractivity contribution in [1.29, 1.82) is 0 Å². The van der Waals surface area contributed by atoms with E-state index in [-0.39, 0.29) is 18.4 Å². The molecule has 1 aliphatic carbocycles. The highest BCUT2D eigenvalue weighted by molar-refractivity contribution is 5.85. The smallest absolute Gasteiger partial charge is 0.370 e. The zero-order chi connectivity index (χ0) is 15.5. The van der Waals surface area contributed by atoms with Crippen molar-refractivity contribution < 1.29 is 17.9 Å². The fraction of sp³-hybridized carbons (Fsp3) is 0.625. The lowest BCUT2D eigenvalue weighted by atomic mass is 9.77. The molecule has 0 unspecified atom stereocenters. The number of rotatable bonds is 4. The van der Waals surface area contributed by atoms with Crippen LogP contribution in [0, 0.1) is 0 Å². The summed E-state index contributed by atoms with van der Waals surface area (Å²) in [5.74, 6) is 0. The summed E-state index contributed by atoms with van der Waals surface area (Å²) in [4.78, 5) is 0. The van der Waals surface area contributed by atoms with Gasteiger partial charge < -0.3 is 10.5 Å². The van der Waals surface area contributed by atoms with Gasteiger partial charge in [0.1, 0.15) is 0 Å². The molecule has 0 saturated heterocycles. The molecule has 0 heterocycles. The third kappa shape index (κ3) is 4.37. The molecule has 2 rings (SSSR count). The zero-order valence-corrected chi connectivity index (χ0v) is 13.5. The third-order valence-corrected chi connectivity index (χ3v) is 4.16. The predicted octanol–water partition coefficient (Wildman–Crippen LogP) is 4.65. The van der Waals surface area contributed by atoms with Crippen molar-refractivity contribution in [2.75, 3.05) is 6.61 Å². The van der Waals surface area contributed by atoms with Crippen LogP contribution in [-0.2, 0) is 16.5 Å². The van der Waals surface area contributed by atoms with Crippen molar-refractivity contribution in [2.24, 2.45) is 5.73 Å². The van der Waals surface area contributed by atoms with Gasteiger partial charge in [0.05, 0.1) is 11.2 Å². The summed E-state index contributed by atoms with van der Waals surface area (Å²) in [5.41, 5.74) is 5.67. The van der Waals surface area contributed by atoms with Crippen molar-refractivity contribution in [3.05, 3.63) is 35.4 Å². The highest BCUT2D eigenvalue weighted by Crippen LogP contribution is 2.41. The van der Waals surface area contributed by atoms with Gasteiger partial charge in [0.2, 0.25) is 0 Å². The molecule has 1 fully saturated rings. The molecule has 1 aromatic rings. The average Bonchev–Trinajstić information content (AvgIpc) is 2.46. The number of hydrogen-bond acceptors (Lipinski definition) is 2. The van der Waals surface area contributed by atoms with E-state index in [1.54, 1.807) is 12.1 Å². The third-order valence-electron chi connectivity index (χ3n) is 4.16. The van der Waals surface area contributed by atoms with Crippen LogP contribution in [0.25, 0.3) is 0 Å². The number of nitrogens with two attached hydrogens (primary N) is 1. The molecule has 126 valence electrons. The van der Waals surface area contributed by atoms with Gasteiger partial charge in [0, 0.05) is 12.6 Å². The molecule has 0 bridgehead atoms. The summed E-state index contributed by atoms with van der Waals surface area (Å²) in [5, 5.41) is 0. The maximum Gasteiger partial charge on any atom is 0.416 e. The second-order valence-corrected chi connectivity index (χ2v) is 5.76. The Bertz CT molecular complexity index is 448. The van der Waals surface area contributed by atoms with E-state index in [0.717, 1.165) is 49.8 Å². The SMILES string of the molecule is CCCO[C@]1(c2ccc(C(F)(F)F)cc2)CC[C@@H](N)CC1.Cl. The zero-order valence-electron chi connectivity index (χ0n) is 12.7. The Kier molecular flexibility index (Phi) is 6.71. The van der Waals surface area contributed by atoms with Crippen LogP contribution in [0.3, 0.4) is 0 Å². The van der Waals surface area contributed by atoms with Crippen LogP contribution in [0.15, 0.2) is 24.3 Å². The number of benzene rings is 1. The molecule has 1 aliphatic rings. The van der Waals surface area contributed by atoms with Crippen LogP contribution in [0.2, 0.25) is 0 Å². The Hall–Kier alpha value is -0.780. The van der Waals surface area contributed by atoms with Crippen LogP contribution in [0.5, 0.6) is 0 Å². The van der Waals surface area contributed by atoms with Crippen LogP contribution in [-0.4, -0.2) is 12.6 Å². The first-order chi connectivity index (χ1) is 9.87. The number of halogens is 4. The van der Waals surface area contributed by atoms with Crippen LogP contribution in [0.1, 0.15) is 50.2 Å². The molecule has 0 radical (unpaired) electrons. The predicted molar refractivity (Wildman–Crippen MR) is 83.1 cm³/mol. The normalized spacial score (nSPS) is 25.6. The summed E-state index contributed by atoms with van der Waals surface area (Å²) in [6.07, 6.45) is -0.214. The average molecular weight is 338 g/mol. The highest BCUT2D eigenvalue weighted by atomic mass is 35.5. The van der Waals surface area contributed by atoms with Gasteiger partial charge in [-0.25, -0.2) is 0 Å². The molecule has 2 nitrogen and oxygen atoms in total. The summed E-state index contributed by atoms with van der Waals surface area (Å²) in [6.45, 7) is 2.63. The summed E-state index contributed by atoms with van der Waals surface area (Å²) < 4.78 is 44.0. The van der Waals surface area contributed by atoms with Crippen LogP contribution < -0.4 is 5.73 Å². The first-order valence-corrected chi connectivity index (χ1v) is 7.45. The largest absolute Gasteiger partial charge is 0.416 e. The van der Waals surface area contributed by atoms with E-state index < -0.39 is 17.3 Å². The molecule has 0 spiro atoms. The summed E-state index contributed by atoms with van der Waals surface area (Å²) in [6, 6.07) is 5.55. The van der Waals surface area contributed by atoms with E-state index in [4.69, 9.17) is 10.5 Å². The lowest BCUT2D eigenvalue weighted by Gasteiger charge is -2.40. The van der Waals surface area contributed by atoms with Gasteiger partial charge in [-0.3, -0.25) is 0 Å². The van der Waals surface area contributed by atoms with E-state index in [0.29, 0.717) is 6.61 Å². The second kappa shape index (κ2) is 7.66. The van der Waals surface area contributed by atoms with Crippen molar-refractivity contribution >= 4 is 12.4 Å². The molecule has 1 aromatic carbocycles. The van der Waals surface area contributed by atoms with Gasteiger partial charge in [-0.15, -0.1) is 12.4 Å². The first kappa shape index (κ1) is 19.3. The molecular weight excluding hydrogens is 315 g/mol. The van der Waals surface area contributed by atoms with Gasteiger partial charge in [0.15, 0.2) is 0 Å². The van der Waals surface area contributed by atoms with E-state index in [1.165, 1.54) is 0 Å². The highest BCUT2D eigenvalue weighted by Gasteiger charge is 2.38. The van der Waals surface area contributed by atoms with Crippen molar-refractivity contribution in [2.45, 2.75) is 56.8 Å². The minimum absolute atomic E-state index is 0. The minimum Gasteiger partial charge on any atom is -0.370 e. The monoisotopic (exact) mass is 337 g/mol. The van der Waals surface area contributed by atoms with E-state index in [1.807, 2.05) is 6.92 Å². The maximum atomic E-state index is 12.7. The second-order valence-electron chi connectivity index (χ2n) is 5.76. The van der Waals surface area contributed by atoms with Gasteiger partial charge in [-0.1, -0.05) is 19.1 Å². The van der Waals surface area contributed by atoms with Gasteiger partial charge in [-0.2, -0.15) is 13.2 Å². The van der Waals surface area contributed by atoms with Crippen LogP contribution in [0.4, 0.5) is 13.2 Å². The first-order valence-electron chi connectivity index (χ1n) is 7.45. The Balaban J connectivity index is 0.00000242. The number of alkyl halides is 3.